The molecule has 8 atom stereocenters. The number of nitrogens with zero attached hydrogens (tertiary/aromatic N) is 6. The van der Waals surface area contributed by atoms with E-state index in [2.05, 4.69) is 117 Å². The van der Waals surface area contributed by atoms with E-state index < -0.39 is 11.6 Å². The Labute approximate surface area is 402 Å². The summed E-state index contributed by atoms with van der Waals surface area (Å²) in [7, 11) is 1.50. The van der Waals surface area contributed by atoms with Gasteiger partial charge in [0.2, 0.25) is 0 Å². The molecule has 3 saturated heterocycles. The predicted octanol–water partition coefficient (Wildman–Crippen LogP) is 10.6. The Morgan fingerprint density at radius 1 is 0.507 bits per heavy atom. The number of hydrogen-bond donors (Lipinski definition) is 0. The van der Waals surface area contributed by atoms with Gasteiger partial charge in [0.05, 0.1) is 12.8 Å². The van der Waals surface area contributed by atoms with Gasteiger partial charge in [0, 0.05) is 121 Å². The molecule has 4 saturated carbocycles. The van der Waals surface area contributed by atoms with E-state index in [4.69, 9.17) is 4.74 Å². The SMILES string of the molecule is COc1cc(F)c(F)cc1N1CCN(CC2CC3C=CC2C3)CC1.Cc1ccc(C)c(N2CCN(C3CC4CCC(C4)C3)CC2)c1.Cc1ccccc1N1CCN(CC2CC3C=CC2C3)CC1. The Morgan fingerprint density at radius 3 is 1.57 bits per heavy atom. The summed E-state index contributed by atoms with van der Waals surface area (Å²) in [6.07, 6.45) is 22.8. The van der Waals surface area contributed by atoms with Gasteiger partial charge in [-0.1, -0.05) is 67.5 Å². The molecular formula is C58H80F2N6O. The van der Waals surface area contributed by atoms with Gasteiger partial charge in [-0.3, -0.25) is 14.7 Å². The molecule has 0 spiro atoms. The minimum absolute atomic E-state index is 0.403. The summed E-state index contributed by atoms with van der Waals surface area (Å²) in [6.45, 7) is 22.5. The molecule has 0 aromatic heterocycles. The van der Waals surface area contributed by atoms with Crippen molar-refractivity contribution in [1.29, 1.82) is 0 Å². The molecule has 3 aromatic rings. The largest absolute Gasteiger partial charge is 0.494 e. The minimum atomic E-state index is -0.862. The van der Waals surface area contributed by atoms with Gasteiger partial charge in [0.25, 0.3) is 0 Å². The Bertz CT molecular complexity index is 2180. The van der Waals surface area contributed by atoms with Crippen molar-refractivity contribution in [2.75, 3.05) is 113 Å². The lowest BCUT2D eigenvalue weighted by Gasteiger charge is -2.43. The molecule has 362 valence electrons. The standard InChI is InChI=1S/C20H30N2.C19H24F2N2O.C19H26N2/c1-15-3-4-16(2)20(11-15)22-9-7-21(8-10-22)19-13-17-5-6-18(12-17)14-19;1-24-19-11-17(21)16(20)10-18(19)23-6-4-22(5-7-23)12-15-9-13-2-3-14(15)8-13;1-15-4-2-3-5-19(15)21-10-8-20(9-11-21)14-18-13-16-6-7-17(18)12-16/h3-4,11,17-19H,5-10,12-14H2,1-2H3;2-3,10-11,13-15H,4-9,12H2,1H3;2-7,16-18H,8-14H2,1H3. The molecule has 3 heterocycles. The van der Waals surface area contributed by atoms with Crippen LogP contribution in [0.3, 0.4) is 0 Å². The first-order valence-electron chi connectivity index (χ1n) is 26.6. The van der Waals surface area contributed by atoms with Crippen molar-refractivity contribution in [1.82, 2.24) is 14.7 Å². The molecule has 12 rings (SSSR count). The third-order valence-electron chi connectivity index (χ3n) is 18.0. The first-order valence-corrected chi connectivity index (χ1v) is 26.6. The summed E-state index contributed by atoms with van der Waals surface area (Å²) in [6, 6.07) is 19.0. The zero-order chi connectivity index (χ0) is 46.0. The van der Waals surface area contributed by atoms with Crippen LogP contribution in [0, 0.1) is 79.7 Å². The fourth-order valence-electron chi connectivity index (χ4n) is 14.2. The number of hydrogen-bond acceptors (Lipinski definition) is 7. The molecule has 0 N–H and O–H groups in total. The number of ether oxygens (including phenoxy) is 1. The van der Waals surface area contributed by atoms with Gasteiger partial charge in [-0.2, -0.15) is 0 Å². The van der Waals surface area contributed by atoms with Crippen molar-refractivity contribution < 1.29 is 13.5 Å². The van der Waals surface area contributed by atoms with Gasteiger partial charge in [-0.25, -0.2) is 8.78 Å². The van der Waals surface area contributed by atoms with Crippen LogP contribution in [0.2, 0.25) is 0 Å². The summed E-state index contributed by atoms with van der Waals surface area (Å²) in [5, 5.41) is 0. The molecule has 9 aliphatic rings. The van der Waals surface area contributed by atoms with Gasteiger partial charge in [-0.15, -0.1) is 0 Å². The smallest absolute Gasteiger partial charge is 0.162 e. The lowest BCUT2D eigenvalue weighted by Crippen LogP contribution is -2.51. The monoisotopic (exact) mass is 915 g/mol. The first kappa shape index (κ1) is 46.8. The van der Waals surface area contributed by atoms with Crippen LogP contribution in [-0.4, -0.2) is 119 Å². The topological polar surface area (TPSA) is 28.7 Å². The Balaban J connectivity index is 0.000000118. The number of para-hydroxylation sites is 1. The maximum absolute atomic E-state index is 13.6. The number of benzene rings is 3. The number of fused-ring (bicyclic) bond motifs is 6. The van der Waals surface area contributed by atoms with E-state index in [0.29, 0.717) is 11.4 Å². The average Bonchev–Trinajstić information content (AvgIpc) is 4.22. The molecule has 0 radical (unpaired) electrons. The second-order valence-corrected chi connectivity index (χ2v) is 22.4. The van der Waals surface area contributed by atoms with E-state index in [-0.39, 0.29) is 0 Å². The van der Waals surface area contributed by atoms with E-state index in [0.717, 1.165) is 92.2 Å². The molecule has 7 nitrogen and oxygen atoms in total. The van der Waals surface area contributed by atoms with Crippen LogP contribution in [0.25, 0.3) is 0 Å². The second-order valence-electron chi connectivity index (χ2n) is 22.4. The average molecular weight is 915 g/mol. The highest BCUT2D eigenvalue weighted by Crippen LogP contribution is 2.46. The molecule has 8 unspecified atom stereocenters. The molecule has 3 aromatic carbocycles. The summed E-state index contributed by atoms with van der Waals surface area (Å²) in [5.74, 6) is 5.96. The van der Waals surface area contributed by atoms with Crippen molar-refractivity contribution in [3.8, 4) is 5.75 Å². The quantitative estimate of drug-likeness (QED) is 0.198. The maximum Gasteiger partial charge on any atom is 0.162 e. The molecule has 6 bridgehead atoms. The number of rotatable bonds is 9. The van der Waals surface area contributed by atoms with Gasteiger partial charge in [0.1, 0.15) is 5.75 Å². The minimum Gasteiger partial charge on any atom is -0.494 e. The van der Waals surface area contributed by atoms with Crippen molar-refractivity contribution >= 4 is 17.1 Å². The summed E-state index contributed by atoms with van der Waals surface area (Å²) < 4.78 is 32.2. The van der Waals surface area contributed by atoms with E-state index >= 15 is 0 Å². The third kappa shape index (κ3) is 10.9. The molecule has 0 amide bonds. The Morgan fingerprint density at radius 2 is 1.03 bits per heavy atom. The fraction of sp³-hybridized carbons (Fsp3) is 0.621. The number of piperazine rings is 3. The van der Waals surface area contributed by atoms with Gasteiger partial charge < -0.3 is 19.4 Å². The summed E-state index contributed by atoms with van der Waals surface area (Å²) in [4.78, 5) is 15.3. The highest BCUT2D eigenvalue weighted by atomic mass is 19.2. The van der Waals surface area contributed by atoms with Crippen LogP contribution in [0.5, 0.6) is 5.75 Å². The zero-order valence-corrected chi connectivity index (χ0v) is 41.3. The lowest BCUT2D eigenvalue weighted by atomic mass is 9.84. The fourth-order valence-corrected chi connectivity index (χ4v) is 14.2. The van der Waals surface area contributed by atoms with Crippen LogP contribution in [-0.2, 0) is 0 Å². The first-order chi connectivity index (χ1) is 32.6. The van der Waals surface area contributed by atoms with Gasteiger partial charge in [0.15, 0.2) is 11.6 Å². The van der Waals surface area contributed by atoms with Crippen molar-refractivity contribution in [2.24, 2.45) is 47.3 Å². The molecule has 7 fully saturated rings. The number of allylic oxidation sites excluding steroid dienone is 4. The number of aryl methyl sites for hydroxylation is 3. The Hall–Kier alpha value is -3.92. The molecule has 67 heavy (non-hydrogen) atoms. The van der Waals surface area contributed by atoms with E-state index in [9.17, 15) is 8.78 Å². The van der Waals surface area contributed by atoms with Crippen LogP contribution < -0.4 is 19.4 Å². The summed E-state index contributed by atoms with van der Waals surface area (Å²) in [5.41, 5.74) is 7.76. The normalized spacial score (nSPS) is 31.3. The number of anilines is 3. The molecular weight excluding hydrogens is 835 g/mol. The van der Waals surface area contributed by atoms with Crippen LogP contribution in [0.1, 0.15) is 74.5 Å². The van der Waals surface area contributed by atoms with Gasteiger partial charge in [-0.05, 0) is 142 Å². The molecule has 6 aliphatic carbocycles. The van der Waals surface area contributed by atoms with Crippen molar-refractivity contribution in [3.05, 3.63) is 107 Å². The molecule has 3 aliphatic heterocycles. The predicted molar refractivity (Wildman–Crippen MR) is 273 cm³/mol. The maximum atomic E-state index is 13.6. The summed E-state index contributed by atoms with van der Waals surface area (Å²) >= 11 is 0. The number of halogens is 2. The zero-order valence-electron chi connectivity index (χ0n) is 41.3. The van der Waals surface area contributed by atoms with E-state index in [1.807, 2.05) is 0 Å². The molecule has 9 heteroatoms. The van der Waals surface area contributed by atoms with Crippen LogP contribution in [0.15, 0.2) is 78.9 Å². The highest BCUT2D eigenvalue weighted by molar-refractivity contribution is 5.59. The van der Waals surface area contributed by atoms with Crippen molar-refractivity contribution in [3.63, 3.8) is 0 Å². The lowest BCUT2D eigenvalue weighted by molar-refractivity contribution is 0.119. The van der Waals surface area contributed by atoms with Crippen LogP contribution >= 0.6 is 0 Å². The van der Waals surface area contributed by atoms with E-state index in [1.54, 1.807) is 6.42 Å². The van der Waals surface area contributed by atoms with E-state index in [1.165, 1.54) is 152 Å². The van der Waals surface area contributed by atoms with Gasteiger partial charge >= 0.3 is 0 Å². The van der Waals surface area contributed by atoms with Crippen molar-refractivity contribution in [2.45, 2.75) is 84.6 Å². The third-order valence-corrected chi connectivity index (χ3v) is 18.0. The highest BCUT2D eigenvalue weighted by Gasteiger charge is 2.39. The number of methoxy groups -OCH3 is 1. The van der Waals surface area contributed by atoms with Crippen LogP contribution in [0.4, 0.5) is 25.8 Å². The second kappa shape index (κ2) is 21.0. The Kier molecular flexibility index (Phi) is 14.6.